The first-order valence-corrected chi connectivity index (χ1v) is 8.37. The summed E-state index contributed by atoms with van der Waals surface area (Å²) in [6.07, 6.45) is 5.69. The molecule has 1 saturated heterocycles. The molecule has 0 bridgehead atoms. The van der Waals surface area contributed by atoms with E-state index in [2.05, 4.69) is 39.4 Å². The molecule has 0 saturated carbocycles. The molecule has 1 aromatic carbocycles. The summed E-state index contributed by atoms with van der Waals surface area (Å²) in [5, 5.41) is 12.7. The van der Waals surface area contributed by atoms with Gasteiger partial charge in [0.2, 0.25) is 0 Å². The molecule has 4 heteroatoms. The Balaban J connectivity index is 1.83. The van der Waals surface area contributed by atoms with Gasteiger partial charge >= 0.3 is 0 Å². The maximum atomic E-state index is 8.97. The molecule has 3 atom stereocenters. The van der Waals surface area contributed by atoms with Crippen LogP contribution >= 0.6 is 15.9 Å². The number of aliphatic hydroxyl groups is 1. The van der Waals surface area contributed by atoms with Crippen LogP contribution in [0.3, 0.4) is 0 Å². The van der Waals surface area contributed by atoms with Crippen molar-refractivity contribution in [3.8, 4) is 0 Å². The maximum Gasteiger partial charge on any atom is 0.0892 e. The van der Waals surface area contributed by atoms with Gasteiger partial charge in [0.25, 0.3) is 0 Å². The Kier molecular flexibility index (Phi) is 4.64. The summed E-state index contributed by atoms with van der Waals surface area (Å²) in [5.74, 6) is 0.559. The van der Waals surface area contributed by atoms with Gasteiger partial charge in [0.15, 0.2) is 0 Å². The van der Waals surface area contributed by atoms with Crippen LogP contribution in [0.15, 0.2) is 22.7 Å². The molecule has 0 aromatic heterocycles. The van der Waals surface area contributed by atoms with Gasteiger partial charge in [-0.3, -0.25) is 0 Å². The smallest absolute Gasteiger partial charge is 0.0892 e. The summed E-state index contributed by atoms with van der Waals surface area (Å²) in [6, 6.07) is 6.89. The van der Waals surface area contributed by atoms with Crippen molar-refractivity contribution in [3.05, 3.63) is 28.2 Å². The van der Waals surface area contributed by atoms with E-state index in [9.17, 15) is 0 Å². The average molecular weight is 340 g/mol. The lowest BCUT2D eigenvalue weighted by atomic mass is 9.78. The third-order valence-electron chi connectivity index (χ3n) is 4.47. The predicted molar refractivity (Wildman–Crippen MR) is 83.9 cm³/mol. The molecule has 2 N–H and O–H groups in total. The zero-order chi connectivity index (χ0) is 13.9. The number of halogens is 1. The third kappa shape index (κ3) is 2.87. The molecule has 110 valence electrons. The number of fused-ring (bicyclic) bond motifs is 3. The zero-order valence-corrected chi connectivity index (χ0v) is 13.2. The summed E-state index contributed by atoms with van der Waals surface area (Å²) < 4.78 is 7.21. The third-order valence-corrected chi connectivity index (χ3v) is 4.96. The van der Waals surface area contributed by atoms with Crippen molar-refractivity contribution in [2.45, 2.75) is 44.2 Å². The first-order chi connectivity index (χ1) is 9.79. The second-order valence-electron chi connectivity index (χ2n) is 5.80. The van der Waals surface area contributed by atoms with E-state index in [0.717, 1.165) is 36.8 Å². The van der Waals surface area contributed by atoms with Crippen LogP contribution in [0, 0.1) is 5.92 Å². The van der Waals surface area contributed by atoms with Crippen LogP contribution in [0.2, 0.25) is 0 Å². The molecule has 0 aliphatic carbocycles. The van der Waals surface area contributed by atoms with Crippen molar-refractivity contribution in [2.24, 2.45) is 5.92 Å². The van der Waals surface area contributed by atoms with Gasteiger partial charge in [0, 0.05) is 40.9 Å². The van der Waals surface area contributed by atoms with Crippen molar-refractivity contribution in [1.29, 1.82) is 0 Å². The number of hydrogen-bond acceptors (Lipinski definition) is 3. The van der Waals surface area contributed by atoms with Crippen LogP contribution in [-0.2, 0) is 4.74 Å². The van der Waals surface area contributed by atoms with Gasteiger partial charge in [-0.25, -0.2) is 0 Å². The standard InChI is InChI=1S/C16H22BrNO2/c17-11-6-7-15-13(10-11)16-12(4-3-9-20-16)14(18-15)5-1-2-8-19/h6-7,10,12,14,16,18-19H,1-5,8-9H2. The van der Waals surface area contributed by atoms with Gasteiger partial charge in [-0.15, -0.1) is 0 Å². The molecular formula is C16H22BrNO2. The molecule has 0 radical (unpaired) electrons. The molecule has 0 spiro atoms. The fourth-order valence-corrected chi connectivity index (χ4v) is 3.89. The number of rotatable bonds is 4. The van der Waals surface area contributed by atoms with Crippen LogP contribution in [-0.4, -0.2) is 24.4 Å². The predicted octanol–water partition coefficient (Wildman–Crippen LogP) is 3.87. The lowest BCUT2D eigenvalue weighted by Crippen LogP contribution is -2.41. The molecule has 2 aliphatic heterocycles. The Hall–Kier alpha value is -0.580. The second-order valence-corrected chi connectivity index (χ2v) is 6.71. The number of aliphatic hydroxyl groups excluding tert-OH is 1. The highest BCUT2D eigenvalue weighted by Crippen LogP contribution is 2.45. The number of unbranched alkanes of at least 4 members (excludes halogenated alkanes) is 1. The fourth-order valence-electron chi connectivity index (χ4n) is 3.51. The molecular weight excluding hydrogens is 318 g/mol. The zero-order valence-electron chi connectivity index (χ0n) is 11.6. The molecule has 1 aromatic rings. The minimum absolute atomic E-state index is 0.233. The normalized spacial score (nSPS) is 28.4. The molecule has 2 heterocycles. The number of benzene rings is 1. The van der Waals surface area contributed by atoms with Crippen LogP contribution in [0.5, 0.6) is 0 Å². The Labute approximate surface area is 128 Å². The Morgan fingerprint density at radius 3 is 3.10 bits per heavy atom. The minimum Gasteiger partial charge on any atom is -0.396 e. The van der Waals surface area contributed by atoms with Crippen molar-refractivity contribution < 1.29 is 9.84 Å². The Morgan fingerprint density at radius 2 is 2.25 bits per heavy atom. The summed E-state index contributed by atoms with van der Waals surface area (Å²) in [7, 11) is 0. The van der Waals surface area contributed by atoms with E-state index in [1.54, 1.807) is 0 Å². The van der Waals surface area contributed by atoms with Gasteiger partial charge in [0.1, 0.15) is 0 Å². The Bertz CT molecular complexity index is 466. The van der Waals surface area contributed by atoms with E-state index in [1.165, 1.54) is 17.7 Å². The molecule has 3 unspecified atom stereocenters. The maximum absolute atomic E-state index is 8.97. The summed E-state index contributed by atoms with van der Waals surface area (Å²) in [4.78, 5) is 0. The van der Waals surface area contributed by atoms with Crippen LogP contribution in [0.1, 0.15) is 43.8 Å². The summed E-state index contributed by atoms with van der Waals surface area (Å²) >= 11 is 3.56. The first-order valence-electron chi connectivity index (χ1n) is 7.58. The van der Waals surface area contributed by atoms with E-state index >= 15 is 0 Å². The number of hydrogen-bond donors (Lipinski definition) is 2. The van der Waals surface area contributed by atoms with Crippen LogP contribution in [0.25, 0.3) is 0 Å². The molecule has 3 rings (SSSR count). The average Bonchev–Trinajstić information content (AvgIpc) is 2.48. The van der Waals surface area contributed by atoms with Crippen LogP contribution in [0.4, 0.5) is 5.69 Å². The Morgan fingerprint density at radius 1 is 1.35 bits per heavy atom. The van der Waals surface area contributed by atoms with Crippen molar-refractivity contribution in [1.82, 2.24) is 0 Å². The largest absolute Gasteiger partial charge is 0.396 e. The number of ether oxygens (including phenoxy) is 1. The van der Waals surface area contributed by atoms with Gasteiger partial charge < -0.3 is 15.2 Å². The first kappa shape index (κ1) is 14.4. The second kappa shape index (κ2) is 6.46. The van der Waals surface area contributed by atoms with Gasteiger partial charge in [0.05, 0.1) is 6.10 Å². The number of anilines is 1. The molecule has 0 amide bonds. The van der Waals surface area contributed by atoms with Crippen LogP contribution < -0.4 is 5.32 Å². The van der Waals surface area contributed by atoms with Crippen molar-refractivity contribution >= 4 is 21.6 Å². The van der Waals surface area contributed by atoms with Gasteiger partial charge in [-0.05, 0) is 50.3 Å². The highest BCUT2D eigenvalue weighted by atomic mass is 79.9. The van der Waals surface area contributed by atoms with E-state index in [-0.39, 0.29) is 6.10 Å². The van der Waals surface area contributed by atoms with Gasteiger partial charge in [-0.2, -0.15) is 0 Å². The SMILES string of the molecule is OCCCCC1Nc2ccc(Br)cc2C2OCCCC12. The van der Waals surface area contributed by atoms with Crippen molar-refractivity contribution in [2.75, 3.05) is 18.5 Å². The quantitative estimate of drug-likeness (QED) is 0.818. The lowest BCUT2D eigenvalue weighted by molar-refractivity contribution is -0.0387. The fraction of sp³-hybridized carbons (Fsp3) is 0.625. The monoisotopic (exact) mass is 339 g/mol. The van der Waals surface area contributed by atoms with E-state index < -0.39 is 0 Å². The summed E-state index contributed by atoms with van der Waals surface area (Å²) in [5.41, 5.74) is 2.51. The van der Waals surface area contributed by atoms with E-state index in [0.29, 0.717) is 18.6 Å². The van der Waals surface area contributed by atoms with E-state index in [1.807, 2.05) is 0 Å². The van der Waals surface area contributed by atoms with Gasteiger partial charge in [-0.1, -0.05) is 15.9 Å². The minimum atomic E-state index is 0.233. The topological polar surface area (TPSA) is 41.5 Å². The molecule has 3 nitrogen and oxygen atoms in total. The molecule has 2 aliphatic rings. The highest BCUT2D eigenvalue weighted by molar-refractivity contribution is 9.10. The highest BCUT2D eigenvalue weighted by Gasteiger charge is 2.38. The van der Waals surface area contributed by atoms with E-state index in [4.69, 9.17) is 9.84 Å². The summed E-state index contributed by atoms with van der Waals surface area (Å²) in [6.45, 7) is 1.16. The van der Waals surface area contributed by atoms with Crippen molar-refractivity contribution in [3.63, 3.8) is 0 Å². The number of nitrogens with one attached hydrogen (secondary N) is 1. The lowest BCUT2D eigenvalue weighted by Gasteiger charge is -2.43. The molecule has 20 heavy (non-hydrogen) atoms. The molecule has 1 fully saturated rings.